The number of fused-ring (bicyclic) bond motifs is 13. The molecule has 0 fully saturated rings. The predicted octanol–water partition coefficient (Wildman–Crippen LogP) is 13.3. The molecule has 260 valence electrons. The summed E-state index contributed by atoms with van der Waals surface area (Å²) in [6.45, 7) is 0. The van der Waals surface area contributed by atoms with E-state index in [1.807, 2.05) is 29.5 Å². The van der Waals surface area contributed by atoms with Gasteiger partial charge in [-0.05, 0) is 86.0 Å². The molecule has 0 aliphatic heterocycles. The lowest BCUT2D eigenvalue weighted by Crippen LogP contribution is -2.25. The minimum Gasteiger partial charge on any atom is -0.208 e. The second-order valence-electron chi connectivity index (χ2n) is 14.7. The first kappa shape index (κ1) is 31.4. The summed E-state index contributed by atoms with van der Waals surface area (Å²) in [7, 11) is 0. The van der Waals surface area contributed by atoms with Gasteiger partial charge >= 0.3 is 0 Å². The molecular formula is C52H31N3S. The first-order chi connectivity index (χ1) is 27.8. The Hall–Kier alpha value is -7.01. The zero-order valence-electron chi connectivity index (χ0n) is 30.1. The van der Waals surface area contributed by atoms with Gasteiger partial charge in [-0.3, -0.25) is 0 Å². The summed E-state index contributed by atoms with van der Waals surface area (Å²) in [6, 6.07) is 67.9. The van der Waals surface area contributed by atoms with Crippen molar-refractivity contribution in [2.45, 2.75) is 5.41 Å². The molecule has 3 nitrogen and oxygen atoms in total. The van der Waals surface area contributed by atoms with E-state index >= 15 is 0 Å². The van der Waals surface area contributed by atoms with Gasteiger partial charge in [0.2, 0.25) is 0 Å². The SMILES string of the molecule is c1ccc(-c2nc(-c3cccc(-c4cccc5c4-c4ccccc4C54c5ccccc5-c5ccccc54)c3)nc(-c3ccc4sc5ccccc5c4c3)n2)cc1. The third kappa shape index (κ3) is 4.42. The van der Waals surface area contributed by atoms with Crippen molar-refractivity contribution in [2.24, 2.45) is 0 Å². The fourth-order valence-electron chi connectivity index (χ4n) is 9.43. The zero-order valence-corrected chi connectivity index (χ0v) is 31.0. The minimum atomic E-state index is -0.394. The molecule has 10 aromatic rings. The molecule has 0 saturated carbocycles. The lowest BCUT2D eigenvalue weighted by molar-refractivity contribution is 0.794. The summed E-state index contributed by atoms with van der Waals surface area (Å²) < 4.78 is 2.53. The van der Waals surface area contributed by atoms with E-state index in [0.717, 1.165) is 22.3 Å². The molecule has 2 heterocycles. The molecule has 0 saturated heterocycles. The quantitative estimate of drug-likeness (QED) is 0.181. The summed E-state index contributed by atoms with van der Waals surface area (Å²) in [6.07, 6.45) is 0. The molecule has 0 atom stereocenters. The highest BCUT2D eigenvalue weighted by Crippen LogP contribution is 2.63. The van der Waals surface area contributed by atoms with E-state index in [0.29, 0.717) is 17.5 Å². The van der Waals surface area contributed by atoms with Crippen molar-refractivity contribution in [3.63, 3.8) is 0 Å². The molecule has 0 amide bonds. The Bertz CT molecular complexity index is 3170. The molecule has 0 bridgehead atoms. The first-order valence-corrected chi connectivity index (χ1v) is 19.8. The summed E-state index contributed by atoms with van der Waals surface area (Å²) in [5, 5.41) is 2.47. The van der Waals surface area contributed by atoms with E-state index in [9.17, 15) is 0 Å². The molecular weight excluding hydrogens is 699 g/mol. The van der Waals surface area contributed by atoms with Crippen molar-refractivity contribution in [1.29, 1.82) is 0 Å². The molecule has 2 aliphatic carbocycles. The van der Waals surface area contributed by atoms with Crippen LogP contribution >= 0.6 is 11.3 Å². The van der Waals surface area contributed by atoms with Crippen LogP contribution in [0.2, 0.25) is 0 Å². The second-order valence-corrected chi connectivity index (χ2v) is 15.8. The maximum absolute atomic E-state index is 5.20. The highest BCUT2D eigenvalue weighted by atomic mass is 32.1. The Labute approximate surface area is 328 Å². The van der Waals surface area contributed by atoms with E-state index in [1.165, 1.54) is 70.2 Å². The lowest BCUT2D eigenvalue weighted by Gasteiger charge is -2.30. The van der Waals surface area contributed by atoms with Gasteiger partial charge in [0, 0.05) is 36.9 Å². The fraction of sp³-hybridized carbons (Fsp3) is 0.0192. The lowest BCUT2D eigenvalue weighted by atomic mass is 9.70. The molecule has 56 heavy (non-hydrogen) atoms. The number of thiophene rings is 1. The first-order valence-electron chi connectivity index (χ1n) is 19.0. The van der Waals surface area contributed by atoms with Crippen LogP contribution in [0.5, 0.6) is 0 Å². The number of nitrogens with zero attached hydrogens (tertiary/aromatic N) is 3. The van der Waals surface area contributed by atoms with Gasteiger partial charge in [-0.25, -0.2) is 15.0 Å². The third-order valence-corrected chi connectivity index (χ3v) is 12.9. The Morgan fingerprint density at radius 3 is 1.57 bits per heavy atom. The van der Waals surface area contributed by atoms with Crippen LogP contribution in [0.1, 0.15) is 22.3 Å². The third-order valence-electron chi connectivity index (χ3n) is 11.8. The van der Waals surface area contributed by atoms with Gasteiger partial charge < -0.3 is 0 Å². The van der Waals surface area contributed by atoms with E-state index in [1.54, 1.807) is 0 Å². The van der Waals surface area contributed by atoms with Crippen molar-refractivity contribution >= 4 is 31.5 Å². The summed E-state index contributed by atoms with van der Waals surface area (Å²) in [5.41, 5.74) is 15.3. The van der Waals surface area contributed by atoms with Gasteiger partial charge in [0.1, 0.15) is 0 Å². The maximum Gasteiger partial charge on any atom is 0.164 e. The molecule has 2 aromatic heterocycles. The molecule has 0 radical (unpaired) electrons. The molecule has 0 unspecified atom stereocenters. The minimum absolute atomic E-state index is 0.394. The normalized spacial score (nSPS) is 13.1. The van der Waals surface area contributed by atoms with Crippen molar-refractivity contribution in [3.05, 3.63) is 210 Å². The Balaban J connectivity index is 1.05. The number of rotatable bonds is 4. The van der Waals surface area contributed by atoms with E-state index in [-0.39, 0.29) is 0 Å². The highest BCUT2D eigenvalue weighted by Gasteiger charge is 2.51. The predicted molar refractivity (Wildman–Crippen MR) is 231 cm³/mol. The molecule has 0 N–H and O–H groups in total. The van der Waals surface area contributed by atoms with Gasteiger partial charge in [0.25, 0.3) is 0 Å². The molecule has 1 spiro atoms. The van der Waals surface area contributed by atoms with Gasteiger partial charge in [0.05, 0.1) is 5.41 Å². The van der Waals surface area contributed by atoms with E-state index in [2.05, 4.69) is 170 Å². The van der Waals surface area contributed by atoms with Crippen LogP contribution in [0.25, 0.3) is 87.7 Å². The molecule has 2 aliphatic rings. The summed E-state index contributed by atoms with van der Waals surface area (Å²) in [4.78, 5) is 15.4. The van der Waals surface area contributed by atoms with Crippen LogP contribution in [0.3, 0.4) is 0 Å². The van der Waals surface area contributed by atoms with Crippen molar-refractivity contribution in [3.8, 4) is 67.5 Å². The standard InChI is InChI=1S/C52H31N3S/c1-2-14-32(15-3-1)49-53-50(55-51(54-49)35-28-29-47-41(31-35)39-20-7-11-27-46(39)56-47)34-17-12-16-33(30-34)36-22-13-26-45-48(36)40-21-6-10-25-44(40)52(45)42-23-8-4-18-37(42)38-19-5-9-24-43(38)52/h1-31H. The number of hydrogen-bond donors (Lipinski definition) is 0. The number of aromatic nitrogens is 3. The van der Waals surface area contributed by atoms with Crippen molar-refractivity contribution < 1.29 is 0 Å². The topological polar surface area (TPSA) is 38.7 Å². The van der Waals surface area contributed by atoms with E-state index < -0.39 is 5.41 Å². The largest absolute Gasteiger partial charge is 0.208 e. The Morgan fingerprint density at radius 1 is 0.321 bits per heavy atom. The Kier molecular flexibility index (Phi) is 6.72. The van der Waals surface area contributed by atoms with Crippen molar-refractivity contribution in [2.75, 3.05) is 0 Å². The average Bonchev–Trinajstić information content (AvgIpc) is 3.90. The van der Waals surface area contributed by atoms with Crippen LogP contribution < -0.4 is 0 Å². The number of hydrogen-bond acceptors (Lipinski definition) is 4. The zero-order chi connectivity index (χ0) is 36.8. The fourth-order valence-corrected chi connectivity index (χ4v) is 10.5. The number of benzene rings is 8. The van der Waals surface area contributed by atoms with Gasteiger partial charge in [0.15, 0.2) is 17.5 Å². The monoisotopic (exact) mass is 729 g/mol. The van der Waals surface area contributed by atoms with E-state index in [4.69, 9.17) is 15.0 Å². The maximum atomic E-state index is 5.20. The van der Waals surface area contributed by atoms with Gasteiger partial charge in [-0.15, -0.1) is 11.3 Å². The van der Waals surface area contributed by atoms with Crippen LogP contribution in [0.4, 0.5) is 0 Å². The Morgan fingerprint density at radius 2 is 0.821 bits per heavy atom. The molecule has 8 aromatic carbocycles. The van der Waals surface area contributed by atoms with Crippen LogP contribution in [0.15, 0.2) is 188 Å². The van der Waals surface area contributed by atoms with Gasteiger partial charge in [-0.1, -0.05) is 158 Å². The van der Waals surface area contributed by atoms with Crippen LogP contribution in [-0.4, -0.2) is 15.0 Å². The summed E-state index contributed by atoms with van der Waals surface area (Å²) >= 11 is 1.82. The van der Waals surface area contributed by atoms with Gasteiger partial charge in [-0.2, -0.15) is 0 Å². The second kappa shape index (κ2) is 12.0. The van der Waals surface area contributed by atoms with Crippen molar-refractivity contribution in [1.82, 2.24) is 15.0 Å². The smallest absolute Gasteiger partial charge is 0.164 e. The summed E-state index contributed by atoms with van der Waals surface area (Å²) in [5.74, 6) is 1.96. The molecule has 4 heteroatoms. The highest BCUT2D eigenvalue weighted by molar-refractivity contribution is 7.25. The average molecular weight is 730 g/mol. The van der Waals surface area contributed by atoms with Crippen LogP contribution in [0, 0.1) is 0 Å². The molecule has 12 rings (SSSR count). The van der Waals surface area contributed by atoms with Crippen LogP contribution in [-0.2, 0) is 5.41 Å².